The van der Waals surface area contributed by atoms with Crippen LogP contribution in [0.25, 0.3) is 0 Å². The number of benzene rings is 1. The summed E-state index contributed by atoms with van der Waals surface area (Å²) >= 11 is 3.29. The van der Waals surface area contributed by atoms with Crippen LogP contribution in [-0.2, 0) is 16.1 Å². The monoisotopic (exact) mass is 367 g/mol. The Bertz CT molecular complexity index is 561. The van der Waals surface area contributed by atoms with Crippen molar-refractivity contribution in [1.82, 2.24) is 4.90 Å². The van der Waals surface area contributed by atoms with E-state index in [0.29, 0.717) is 11.9 Å². The van der Waals surface area contributed by atoms with Crippen molar-refractivity contribution in [3.05, 3.63) is 48.0 Å². The van der Waals surface area contributed by atoms with E-state index in [1.165, 1.54) is 4.90 Å². The van der Waals surface area contributed by atoms with Crippen LogP contribution in [-0.4, -0.2) is 40.5 Å². The standard InChI is InChI=1S/C16H18BrNO4/c1-11(7-17)13-8-18(9-14(13)15(19)20)16(21)22-10-12-5-3-2-4-6-12/h2-6,13-14H,1,7-10H2,(H,19,20)/t13-,14+/m0/s1. The molecular weight excluding hydrogens is 350 g/mol. The third kappa shape index (κ3) is 3.88. The Kier molecular flexibility index (Phi) is 5.60. The maximum absolute atomic E-state index is 12.1. The molecule has 0 bridgehead atoms. The molecule has 0 unspecified atom stereocenters. The first-order valence-corrected chi connectivity index (χ1v) is 8.07. The fourth-order valence-corrected chi connectivity index (χ4v) is 2.94. The average molecular weight is 368 g/mol. The molecule has 118 valence electrons. The van der Waals surface area contributed by atoms with E-state index >= 15 is 0 Å². The molecule has 1 fully saturated rings. The highest BCUT2D eigenvalue weighted by atomic mass is 79.9. The molecule has 1 aromatic rings. The summed E-state index contributed by atoms with van der Waals surface area (Å²) in [4.78, 5) is 24.9. The highest BCUT2D eigenvalue weighted by molar-refractivity contribution is 9.09. The molecular formula is C16H18BrNO4. The Labute approximate surface area is 137 Å². The van der Waals surface area contributed by atoms with Crippen LogP contribution >= 0.6 is 15.9 Å². The molecule has 1 heterocycles. The Hall–Kier alpha value is -1.82. The van der Waals surface area contributed by atoms with Crippen LogP contribution in [0.4, 0.5) is 4.79 Å². The topological polar surface area (TPSA) is 66.8 Å². The van der Waals surface area contributed by atoms with Crippen LogP contribution in [0.15, 0.2) is 42.5 Å². The van der Waals surface area contributed by atoms with Gasteiger partial charge in [0.2, 0.25) is 0 Å². The summed E-state index contributed by atoms with van der Waals surface area (Å²) in [5, 5.41) is 9.82. The third-order valence-corrected chi connectivity index (χ3v) is 4.52. The molecule has 0 aromatic heterocycles. The fraction of sp³-hybridized carbons (Fsp3) is 0.375. The molecule has 1 N–H and O–H groups in total. The molecule has 2 atom stereocenters. The largest absolute Gasteiger partial charge is 0.481 e. The molecule has 6 heteroatoms. The van der Waals surface area contributed by atoms with Crippen LogP contribution in [0, 0.1) is 11.8 Å². The zero-order valence-electron chi connectivity index (χ0n) is 12.1. The summed E-state index contributed by atoms with van der Waals surface area (Å²) in [6, 6.07) is 9.37. The zero-order valence-corrected chi connectivity index (χ0v) is 13.7. The highest BCUT2D eigenvalue weighted by Crippen LogP contribution is 2.30. The van der Waals surface area contributed by atoms with Crippen molar-refractivity contribution in [3.63, 3.8) is 0 Å². The molecule has 22 heavy (non-hydrogen) atoms. The van der Waals surface area contributed by atoms with Crippen molar-refractivity contribution in [3.8, 4) is 0 Å². The first-order valence-electron chi connectivity index (χ1n) is 6.95. The minimum Gasteiger partial charge on any atom is -0.481 e. The van der Waals surface area contributed by atoms with Gasteiger partial charge in [0.1, 0.15) is 6.61 Å². The summed E-state index contributed by atoms with van der Waals surface area (Å²) in [7, 11) is 0. The summed E-state index contributed by atoms with van der Waals surface area (Å²) in [5.41, 5.74) is 1.68. The number of carboxylic acids is 1. The van der Waals surface area contributed by atoms with Gasteiger partial charge in [0.25, 0.3) is 0 Å². The second-order valence-corrected chi connectivity index (χ2v) is 5.85. The Morgan fingerprint density at radius 3 is 2.50 bits per heavy atom. The zero-order chi connectivity index (χ0) is 16.1. The van der Waals surface area contributed by atoms with E-state index in [0.717, 1.165) is 11.1 Å². The Morgan fingerprint density at radius 1 is 1.27 bits per heavy atom. The molecule has 0 spiro atoms. The van der Waals surface area contributed by atoms with Crippen molar-refractivity contribution in [2.45, 2.75) is 6.61 Å². The second-order valence-electron chi connectivity index (χ2n) is 5.29. The van der Waals surface area contributed by atoms with Gasteiger partial charge < -0.3 is 14.7 Å². The Balaban J connectivity index is 1.96. The normalized spacial score (nSPS) is 20.7. The maximum Gasteiger partial charge on any atom is 0.410 e. The van der Waals surface area contributed by atoms with Gasteiger partial charge in [0.15, 0.2) is 0 Å². The summed E-state index contributed by atoms with van der Waals surface area (Å²) in [6.45, 7) is 4.55. The molecule has 1 aromatic carbocycles. The summed E-state index contributed by atoms with van der Waals surface area (Å²) < 4.78 is 5.25. The van der Waals surface area contributed by atoms with Crippen LogP contribution in [0.5, 0.6) is 0 Å². The summed E-state index contributed by atoms with van der Waals surface area (Å²) in [6.07, 6.45) is -0.486. The maximum atomic E-state index is 12.1. The van der Waals surface area contributed by atoms with Crippen LogP contribution < -0.4 is 0 Å². The van der Waals surface area contributed by atoms with Crippen molar-refractivity contribution >= 4 is 28.0 Å². The number of alkyl halides is 1. The molecule has 1 amide bonds. The minimum atomic E-state index is -0.912. The van der Waals surface area contributed by atoms with E-state index in [9.17, 15) is 14.7 Å². The summed E-state index contributed by atoms with van der Waals surface area (Å²) in [5.74, 6) is -1.79. The minimum absolute atomic E-state index is 0.152. The molecule has 1 aliphatic heterocycles. The van der Waals surface area contributed by atoms with Crippen molar-refractivity contribution in [1.29, 1.82) is 0 Å². The van der Waals surface area contributed by atoms with Gasteiger partial charge in [-0.15, -0.1) is 0 Å². The fourth-order valence-electron chi connectivity index (χ4n) is 2.53. The third-order valence-electron chi connectivity index (χ3n) is 3.80. The lowest BCUT2D eigenvalue weighted by Crippen LogP contribution is -2.30. The molecule has 1 saturated heterocycles. The van der Waals surface area contributed by atoms with Crippen LogP contribution in [0.1, 0.15) is 5.56 Å². The van der Waals surface area contributed by atoms with Gasteiger partial charge in [-0.05, 0) is 5.56 Å². The van der Waals surface area contributed by atoms with Crippen molar-refractivity contribution < 1.29 is 19.4 Å². The lowest BCUT2D eigenvalue weighted by atomic mass is 9.91. The van der Waals surface area contributed by atoms with Crippen LogP contribution in [0.2, 0.25) is 0 Å². The predicted molar refractivity (Wildman–Crippen MR) is 85.7 cm³/mol. The number of ether oxygens (including phenoxy) is 1. The van der Waals surface area contributed by atoms with Crippen molar-refractivity contribution in [2.75, 3.05) is 18.4 Å². The molecule has 2 rings (SSSR count). The number of nitrogens with zero attached hydrogens (tertiary/aromatic N) is 1. The van der Waals surface area contributed by atoms with E-state index in [-0.39, 0.29) is 19.1 Å². The van der Waals surface area contributed by atoms with Gasteiger partial charge in [-0.3, -0.25) is 4.79 Å². The first kappa shape index (κ1) is 16.5. The molecule has 5 nitrogen and oxygen atoms in total. The molecule has 0 aliphatic carbocycles. The lowest BCUT2D eigenvalue weighted by molar-refractivity contribution is -0.142. The van der Waals surface area contributed by atoms with E-state index in [2.05, 4.69) is 22.5 Å². The van der Waals surface area contributed by atoms with E-state index < -0.39 is 18.0 Å². The van der Waals surface area contributed by atoms with Crippen molar-refractivity contribution in [2.24, 2.45) is 11.8 Å². The van der Waals surface area contributed by atoms with E-state index in [1.54, 1.807) is 0 Å². The van der Waals surface area contributed by atoms with Gasteiger partial charge in [0, 0.05) is 24.3 Å². The number of rotatable bonds is 5. The highest BCUT2D eigenvalue weighted by Gasteiger charge is 2.41. The second kappa shape index (κ2) is 7.45. The average Bonchev–Trinajstić information content (AvgIpc) is 2.98. The number of hydrogen-bond donors (Lipinski definition) is 1. The number of carbonyl (C=O) groups is 2. The number of carboxylic acid groups (broad SMARTS) is 1. The predicted octanol–water partition coefficient (Wildman–Crippen LogP) is 2.91. The van der Waals surface area contributed by atoms with E-state index in [4.69, 9.17) is 4.74 Å². The van der Waals surface area contributed by atoms with Crippen LogP contribution in [0.3, 0.4) is 0 Å². The number of halogens is 1. The first-order chi connectivity index (χ1) is 10.5. The molecule has 0 saturated carbocycles. The quantitative estimate of drug-likeness (QED) is 0.641. The number of carbonyl (C=O) groups excluding carboxylic acids is 1. The van der Waals surface area contributed by atoms with Gasteiger partial charge in [-0.2, -0.15) is 0 Å². The Morgan fingerprint density at radius 2 is 1.91 bits per heavy atom. The number of amides is 1. The SMILES string of the molecule is C=C(CBr)[C@@H]1CN(C(=O)OCc2ccccc2)C[C@H]1C(=O)O. The van der Waals surface area contributed by atoms with Gasteiger partial charge in [0.05, 0.1) is 5.92 Å². The smallest absolute Gasteiger partial charge is 0.410 e. The number of likely N-dealkylation sites (tertiary alicyclic amines) is 1. The van der Waals surface area contributed by atoms with E-state index in [1.807, 2.05) is 30.3 Å². The van der Waals surface area contributed by atoms with Gasteiger partial charge >= 0.3 is 12.1 Å². The molecule has 0 radical (unpaired) electrons. The van der Waals surface area contributed by atoms with Gasteiger partial charge in [-0.25, -0.2) is 4.79 Å². The number of hydrogen-bond acceptors (Lipinski definition) is 3. The number of aliphatic carboxylic acids is 1. The van der Waals surface area contributed by atoms with Gasteiger partial charge in [-0.1, -0.05) is 58.4 Å². The molecule has 1 aliphatic rings. The lowest BCUT2D eigenvalue weighted by Gasteiger charge is -2.16.